The van der Waals surface area contributed by atoms with Crippen molar-refractivity contribution < 1.29 is 0 Å². The zero-order valence-electron chi connectivity index (χ0n) is 33.4. The number of fused-ring (bicyclic) bond motifs is 8. The van der Waals surface area contributed by atoms with Gasteiger partial charge < -0.3 is 9.47 Å². The van der Waals surface area contributed by atoms with Crippen LogP contribution >= 0.6 is 0 Å². The molecule has 3 aliphatic carbocycles. The van der Waals surface area contributed by atoms with E-state index in [0.717, 1.165) is 24.2 Å². The zero-order valence-corrected chi connectivity index (χ0v) is 33.4. The molecule has 0 spiro atoms. The molecule has 0 unspecified atom stereocenters. The maximum Gasteiger partial charge on any atom is 0.0541 e. The number of para-hydroxylation sites is 1. The number of anilines is 2. The average molecular weight is 735 g/mol. The highest BCUT2D eigenvalue weighted by molar-refractivity contribution is 6.12. The van der Waals surface area contributed by atoms with Gasteiger partial charge in [-0.05, 0) is 147 Å². The standard InChI is InChI=1S/C55H46N2/c1-54(2)48-17-11-9-15-42(48)44-27-19-37(33-50(44)54)35-21-29-52-46(31-35)47-32-36(38-20-28-45-43-16-10-12-18-49(43)55(3,4)51(45)34-38)22-30-53(47)57(52)41-25-23-40(24-26-41)56(5)39-13-7-6-8-14-39/h6-11,13-17,19-34H,12,18H2,1-5H3. The molecule has 0 saturated heterocycles. The Hall–Kier alpha value is -6.38. The third-order valence-corrected chi connectivity index (χ3v) is 13.6. The van der Waals surface area contributed by atoms with Gasteiger partial charge in [-0.15, -0.1) is 0 Å². The summed E-state index contributed by atoms with van der Waals surface area (Å²) in [4.78, 5) is 2.24. The van der Waals surface area contributed by atoms with Crippen LogP contribution in [0.25, 0.3) is 66.4 Å². The number of rotatable bonds is 5. The van der Waals surface area contributed by atoms with E-state index < -0.39 is 0 Å². The van der Waals surface area contributed by atoms with Crippen molar-refractivity contribution in [3.8, 4) is 39.1 Å². The van der Waals surface area contributed by atoms with Crippen molar-refractivity contribution in [3.63, 3.8) is 0 Å². The molecule has 0 radical (unpaired) electrons. The summed E-state index contributed by atoms with van der Waals surface area (Å²) in [5, 5.41) is 2.53. The quantitative estimate of drug-likeness (QED) is 0.171. The van der Waals surface area contributed by atoms with Crippen molar-refractivity contribution in [1.82, 2.24) is 4.57 Å². The van der Waals surface area contributed by atoms with Crippen molar-refractivity contribution in [2.45, 2.75) is 51.4 Å². The highest BCUT2D eigenvalue weighted by Crippen LogP contribution is 2.52. The molecule has 3 aliphatic rings. The Morgan fingerprint density at radius 2 is 1.04 bits per heavy atom. The third kappa shape index (κ3) is 5.03. The number of hydrogen-bond donors (Lipinski definition) is 0. The van der Waals surface area contributed by atoms with Gasteiger partial charge in [-0.1, -0.05) is 124 Å². The number of hydrogen-bond acceptors (Lipinski definition) is 1. The molecule has 0 N–H and O–H groups in total. The van der Waals surface area contributed by atoms with Gasteiger partial charge in [0, 0.05) is 45.7 Å². The Bertz CT molecular complexity index is 3000. The molecule has 2 nitrogen and oxygen atoms in total. The maximum absolute atomic E-state index is 2.47. The summed E-state index contributed by atoms with van der Waals surface area (Å²) < 4.78 is 2.45. The molecule has 7 aromatic carbocycles. The van der Waals surface area contributed by atoms with Crippen LogP contribution in [0.15, 0.2) is 169 Å². The van der Waals surface area contributed by atoms with Crippen LogP contribution in [-0.2, 0) is 10.8 Å². The van der Waals surface area contributed by atoms with Crippen LogP contribution in [0.1, 0.15) is 62.8 Å². The van der Waals surface area contributed by atoms with Crippen LogP contribution in [0.3, 0.4) is 0 Å². The first-order valence-corrected chi connectivity index (χ1v) is 20.5. The van der Waals surface area contributed by atoms with Crippen molar-refractivity contribution in [2.24, 2.45) is 0 Å². The van der Waals surface area contributed by atoms with Crippen LogP contribution in [0, 0.1) is 0 Å². The molecule has 8 aromatic rings. The first kappa shape index (κ1) is 33.9. The highest BCUT2D eigenvalue weighted by Gasteiger charge is 2.38. The Morgan fingerprint density at radius 1 is 0.491 bits per heavy atom. The van der Waals surface area contributed by atoms with Crippen LogP contribution in [0.4, 0.5) is 11.4 Å². The molecule has 57 heavy (non-hydrogen) atoms. The van der Waals surface area contributed by atoms with Crippen molar-refractivity contribution in [3.05, 3.63) is 192 Å². The lowest BCUT2D eigenvalue weighted by Gasteiger charge is -2.26. The molecular weight excluding hydrogens is 689 g/mol. The molecule has 2 heteroatoms. The molecule has 0 bridgehead atoms. The van der Waals surface area contributed by atoms with Gasteiger partial charge in [0.25, 0.3) is 0 Å². The van der Waals surface area contributed by atoms with Gasteiger partial charge in [0.15, 0.2) is 0 Å². The second-order valence-corrected chi connectivity index (χ2v) is 17.4. The van der Waals surface area contributed by atoms with Crippen LogP contribution < -0.4 is 4.90 Å². The minimum atomic E-state index is -0.0484. The normalized spacial score (nSPS) is 15.8. The van der Waals surface area contributed by atoms with Crippen LogP contribution in [-0.4, -0.2) is 11.6 Å². The maximum atomic E-state index is 2.47. The van der Waals surface area contributed by atoms with Gasteiger partial charge in [0.05, 0.1) is 11.0 Å². The van der Waals surface area contributed by atoms with Crippen LogP contribution in [0.5, 0.6) is 0 Å². The molecule has 1 aromatic heterocycles. The van der Waals surface area contributed by atoms with E-state index in [1.165, 1.54) is 88.7 Å². The predicted molar refractivity (Wildman–Crippen MR) is 242 cm³/mol. The summed E-state index contributed by atoms with van der Waals surface area (Å²) in [6, 6.07) is 57.0. The van der Waals surface area contributed by atoms with Crippen LogP contribution in [0.2, 0.25) is 0 Å². The fourth-order valence-corrected chi connectivity index (χ4v) is 10.4. The number of aromatic nitrogens is 1. The SMILES string of the molecule is CN(c1ccccc1)c1ccc(-n2c3ccc(-c4ccc5c(c4)C(C)(C)C4=C5C=CCC4)cc3c3cc(-c4ccc5c(c4)C(C)(C)c4ccccc4-5)ccc32)cc1. The van der Waals surface area contributed by atoms with E-state index >= 15 is 0 Å². The van der Waals surface area contributed by atoms with E-state index in [1.54, 1.807) is 5.57 Å². The molecule has 0 saturated carbocycles. The van der Waals surface area contributed by atoms with E-state index in [2.05, 4.69) is 208 Å². The molecular formula is C55H46N2. The summed E-state index contributed by atoms with van der Waals surface area (Å²) in [6.45, 7) is 9.56. The molecule has 0 fully saturated rings. The Kier molecular flexibility index (Phi) is 7.32. The largest absolute Gasteiger partial charge is 0.345 e. The summed E-state index contributed by atoms with van der Waals surface area (Å²) >= 11 is 0. The Balaban J connectivity index is 1.06. The van der Waals surface area contributed by atoms with Crippen molar-refractivity contribution >= 4 is 38.8 Å². The molecule has 0 aliphatic heterocycles. The van der Waals surface area contributed by atoms with Gasteiger partial charge in [-0.2, -0.15) is 0 Å². The predicted octanol–water partition coefficient (Wildman–Crippen LogP) is 14.6. The number of nitrogens with zero attached hydrogens (tertiary/aromatic N) is 2. The summed E-state index contributed by atoms with van der Waals surface area (Å²) in [6.07, 6.45) is 6.98. The minimum Gasteiger partial charge on any atom is -0.345 e. The Morgan fingerprint density at radius 3 is 1.72 bits per heavy atom. The second-order valence-electron chi connectivity index (χ2n) is 17.4. The van der Waals surface area contributed by atoms with E-state index in [0.29, 0.717) is 0 Å². The molecule has 1 heterocycles. The van der Waals surface area contributed by atoms with Crippen molar-refractivity contribution in [1.29, 1.82) is 0 Å². The van der Waals surface area contributed by atoms with E-state index in [-0.39, 0.29) is 10.8 Å². The number of allylic oxidation sites excluding steroid dienone is 4. The first-order valence-electron chi connectivity index (χ1n) is 20.5. The fourth-order valence-electron chi connectivity index (χ4n) is 10.4. The molecule has 0 atom stereocenters. The monoisotopic (exact) mass is 734 g/mol. The lowest BCUT2D eigenvalue weighted by Crippen LogP contribution is -2.17. The summed E-state index contributed by atoms with van der Waals surface area (Å²) in [7, 11) is 2.13. The van der Waals surface area contributed by atoms with E-state index in [1.807, 2.05) is 0 Å². The van der Waals surface area contributed by atoms with E-state index in [4.69, 9.17) is 0 Å². The Labute approximate surface area is 336 Å². The minimum absolute atomic E-state index is 0.0347. The van der Waals surface area contributed by atoms with Gasteiger partial charge >= 0.3 is 0 Å². The number of benzene rings is 7. The zero-order chi connectivity index (χ0) is 38.6. The van der Waals surface area contributed by atoms with Gasteiger partial charge in [0.2, 0.25) is 0 Å². The molecule has 0 amide bonds. The molecule has 276 valence electrons. The van der Waals surface area contributed by atoms with Gasteiger partial charge in [-0.25, -0.2) is 0 Å². The topological polar surface area (TPSA) is 8.17 Å². The second kappa shape index (κ2) is 12.3. The molecule has 11 rings (SSSR count). The smallest absolute Gasteiger partial charge is 0.0541 e. The average Bonchev–Trinajstić information content (AvgIpc) is 3.79. The third-order valence-electron chi connectivity index (χ3n) is 13.6. The lowest BCUT2D eigenvalue weighted by molar-refractivity contribution is 0.607. The van der Waals surface area contributed by atoms with Gasteiger partial charge in [0.1, 0.15) is 0 Å². The van der Waals surface area contributed by atoms with E-state index in [9.17, 15) is 0 Å². The first-order chi connectivity index (χ1) is 27.7. The van der Waals surface area contributed by atoms with Crippen molar-refractivity contribution in [2.75, 3.05) is 11.9 Å². The highest BCUT2D eigenvalue weighted by atomic mass is 15.1. The summed E-state index contributed by atoms with van der Waals surface area (Å²) in [5.74, 6) is 0. The lowest BCUT2D eigenvalue weighted by atomic mass is 9.78. The summed E-state index contributed by atoms with van der Waals surface area (Å²) in [5.41, 5.74) is 22.3. The fraction of sp³-hybridized carbons (Fsp3) is 0.164. The van der Waals surface area contributed by atoms with Gasteiger partial charge in [-0.3, -0.25) is 0 Å².